The average molecular weight is 421 g/mol. The van der Waals surface area contributed by atoms with Crippen molar-refractivity contribution in [1.82, 2.24) is 9.27 Å². The van der Waals surface area contributed by atoms with Gasteiger partial charge in [-0.1, -0.05) is 31.2 Å². The Kier molecular flexibility index (Phi) is 5.44. The van der Waals surface area contributed by atoms with Gasteiger partial charge in [0.15, 0.2) is 0 Å². The van der Waals surface area contributed by atoms with Crippen LogP contribution in [-0.2, 0) is 11.2 Å². The highest BCUT2D eigenvalue weighted by atomic mass is 32.1. The summed E-state index contributed by atoms with van der Waals surface area (Å²) in [7, 11) is 0. The number of carbonyl (C=O) groups is 1. The van der Waals surface area contributed by atoms with Gasteiger partial charge in [-0.05, 0) is 66.2 Å². The molecular formula is C24H28N4OS. The van der Waals surface area contributed by atoms with Crippen LogP contribution in [-0.4, -0.2) is 47.9 Å². The molecule has 3 heterocycles. The Hall–Kier alpha value is -2.44. The van der Waals surface area contributed by atoms with Gasteiger partial charge in [-0.15, -0.1) is 0 Å². The highest BCUT2D eigenvalue weighted by Gasteiger charge is 2.22. The Morgan fingerprint density at radius 1 is 1.13 bits per heavy atom. The number of anilines is 2. The van der Waals surface area contributed by atoms with Crippen LogP contribution < -0.4 is 10.2 Å². The van der Waals surface area contributed by atoms with E-state index in [-0.39, 0.29) is 5.91 Å². The van der Waals surface area contributed by atoms with E-state index in [0.29, 0.717) is 12.3 Å². The minimum absolute atomic E-state index is 0.132. The Morgan fingerprint density at radius 2 is 1.97 bits per heavy atom. The van der Waals surface area contributed by atoms with E-state index < -0.39 is 0 Å². The third-order valence-corrected chi connectivity index (χ3v) is 7.20. The van der Waals surface area contributed by atoms with E-state index in [9.17, 15) is 4.79 Å². The number of hydrogen-bond donors (Lipinski definition) is 1. The molecule has 0 bridgehead atoms. The van der Waals surface area contributed by atoms with E-state index in [0.717, 1.165) is 50.6 Å². The second-order valence-electron chi connectivity index (χ2n) is 8.51. The fourth-order valence-corrected chi connectivity index (χ4v) is 5.46. The standard InChI is InChI=1S/C24H28N4OS/c1-17-15-23(29)25-21-9-8-18(16-20(17)21)5-4-10-27-11-13-28(14-12-27)24-19-6-2-3-7-22(19)30-26-24/h2-3,6-9,16-17H,4-5,10-15H2,1H3,(H,25,29)/t17-/m1/s1. The molecule has 1 fully saturated rings. The van der Waals surface area contributed by atoms with Crippen LogP contribution in [0.5, 0.6) is 0 Å². The van der Waals surface area contributed by atoms with Gasteiger partial charge in [-0.2, -0.15) is 4.37 Å². The minimum Gasteiger partial charge on any atom is -0.353 e. The molecule has 30 heavy (non-hydrogen) atoms. The van der Waals surface area contributed by atoms with Gasteiger partial charge in [0.25, 0.3) is 0 Å². The lowest BCUT2D eigenvalue weighted by molar-refractivity contribution is -0.116. The predicted octanol–water partition coefficient (Wildman–Crippen LogP) is 4.50. The molecule has 1 saturated heterocycles. The maximum absolute atomic E-state index is 11.7. The molecule has 6 heteroatoms. The van der Waals surface area contributed by atoms with Crippen molar-refractivity contribution in [1.29, 1.82) is 0 Å². The first kappa shape index (κ1) is 19.5. The number of aryl methyl sites for hydroxylation is 1. The largest absolute Gasteiger partial charge is 0.353 e. The molecule has 0 saturated carbocycles. The first-order valence-electron chi connectivity index (χ1n) is 10.9. The van der Waals surface area contributed by atoms with Crippen molar-refractivity contribution in [3.05, 3.63) is 53.6 Å². The van der Waals surface area contributed by atoms with Crippen molar-refractivity contribution in [3.8, 4) is 0 Å². The molecule has 0 unspecified atom stereocenters. The first-order valence-corrected chi connectivity index (χ1v) is 11.7. The van der Waals surface area contributed by atoms with Gasteiger partial charge in [0.2, 0.25) is 5.91 Å². The van der Waals surface area contributed by atoms with Crippen LogP contribution in [0.4, 0.5) is 11.5 Å². The summed E-state index contributed by atoms with van der Waals surface area (Å²) in [5.74, 6) is 1.60. The van der Waals surface area contributed by atoms with Crippen molar-refractivity contribution >= 4 is 39.0 Å². The summed E-state index contributed by atoms with van der Waals surface area (Å²) in [4.78, 5) is 16.7. The minimum atomic E-state index is 0.132. The molecule has 5 rings (SSSR count). The molecule has 156 valence electrons. The van der Waals surface area contributed by atoms with E-state index in [1.54, 1.807) is 11.5 Å². The highest BCUT2D eigenvalue weighted by Crippen LogP contribution is 2.33. The number of carbonyl (C=O) groups excluding carboxylic acids is 1. The number of nitrogens with one attached hydrogen (secondary N) is 1. The molecule has 3 aromatic rings. The van der Waals surface area contributed by atoms with Gasteiger partial charge in [-0.3, -0.25) is 9.69 Å². The molecule has 2 aliphatic heterocycles. The molecular weight excluding hydrogens is 392 g/mol. The Morgan fingerprint density at radius 3 is 2.83 bits per heavy atom. The summed E-state index contributed by atoms with van der Waals surface area (Å²) in [5.41, 5.74) is 3.66. The number of amides is 1. The molecule has 1 amide bonds. The summed E-state index contributed by atoms with van der Waals surface area (Å²) in [6, 6.07) is 15.1. The highest BCUT2D eigenvalue weighted by molar-refractivity contribution is 7.13. The maximum atomic E-state index is 11.7. The predicted molar refractivity (Wildman–Crippen MR) is 125 cm³/mol. The van der Waals surface area contributed by atoms with Gasteiger partial charge in [0.1, 0.15) is 5.82 Å². The van der Waals surface area contributed by atoms with Gasteiger partial charge >= 0.3 is 0 Å². The summed E-state index contributed by atoms with van der Waals surface area (Å²) >= 11 is 1.60. The summed E-state index contributed by atoms with van der Waals surface area (Å²) < 4.78 is 5.99. The number of aromatic nitrogens is 1. The fourth-order valence-electron chi connectivity index (χ4n) is 4.67. The molecule has 2 aliphatic rings. The molecule has 0 radical (unpaired) electrons. The van der Waals surface area contributed by atoms with Crippen molar-refractivity contribution in [3.63, 3.8) is 0 Å². The Labute approximate surface area is 181 Å². The monoisotopic (exact) mass is 420 g/mol. The number of benzene rings is 2. The van der Waals surface area contributed by atoms with Crippen LogP contribution in [0, 0.1) is 0 Å². The molecule has 1 N–H and O–H groups in total. The third kappa shape index (κ3) is 3.94. The van der Waals surface area contributed by atoms with E-state index in [2.05, 4.69) is 64.5 Å². The van der Waals surface area contributed by atoms with Crippen molar-refractivity contribution in [2.75, 3.05) is 42.9 Å². The van der Waals surface area contributed by atoms with Gasteiger partial charge in [0.05, 0.1) is 4.70 Å². The van der Waals surface area contributed by atoms with Crippen LogP contribution in [0.15, 0.2) is 42.5 Å². The van der Waals surface area contributed by atoms with Crippen LogP contribution in [0.3, 0.4) is 0 Å². The zero-order valence-electron chi connectivity index (χ0n) is 17.4. The van der Waals surface area contributed by atoms with Gasteiger partial charge < -0.3 is 10.2 Å². The number of fused-ring (bicyclic) bond motifs is 2. The Bertz CT molecular complexity index is 1050. The normalized spacial score (nSPS) is 19.7. The van der Waals surface area contributed by atoms with Crippen LogP contribution in [0.2, 0.25) is 0 Å². The smallest absolute Gasteiger partial charge is 0.224 e. The quantitative estimate of drug-likeness (QED) is 0.660. The number of rotatable bonds is 5. The number of hydrogen-bond acceptors (Lipinski definition) is 5. The summed E-state index contributed by atoms with van der Waals surface area (Å²) in [6.07, 6.45) is 2.85. The second kappa shape index (κ2) is 8.36. The van der Waals surface area contributed by atoms with E-state index in [1.807, 2.05) is 0 Å². The van der Waals surface area contributed by atoms with E-state index >= 15 is 0 Å². The van der Waals surface area contributed by atoms with Gasteiger partial charge in [0, 0.05) is 43.7 Å². The fraction of sp³-hybridized carbons (Fsp3) is 0.417. The van der Waals surface area contributed by atoms with Gasteiger partial charge in [-0.25, -0.2) is 0 Å². The first-order chi connectivity index (χ1) is 14.7. The zero-order valence-corrected chi connectivity index (χ0v) is 18.3. The molecule has 2 aromatic carbocycles. The lowest BCUT2D eigenvalue weighted by Crippen LogP contribution is -2.46. The maximum Gasteiger partial charge on any atom is 0.224 e. The topological polar surface area (TPSA) is 48.5 Å². The molecule has 1 aromatic heterocycles. The van der Waals surface area contributed by atoms with E-state index in [4.69, 9.17) is 4.37 Å². The molecule has 0 aliphatic carbocycles. The van der Waals surface area contributed by atoms with Crippen molar-refractivity contribution in [2.24, 2.45) is 0 Å². The molecule has 5 nitrogen and oxygen atoms in total. The zero-order chi connectivity index (χ0) is 20.5. The molecule has 1 atom stereocenters. The lowest BCUT2D eigenvalue weighted by Gasteiger charge is -2.35. The van der Waals surface area contributed by atoms with Crippen LogP contribution in [0.25, 0.3) is 10.1 Å². The number of nitrogens with zero attached hydrogens (tertiary/aromatic N) is 3. The second-order valence-corrected chi connectivity index (χ2v) is 9.31. The third-order valence-electron chi connectivity index (χ3n) is 6.38. The average Bonchev–Trinajstić information content (AvgIpc) is 3.19. The van der Waals surface area contributed by atoms with E-state index in [1.165, 1.54) is 27.6 Å². The summed E-state index contributed by atoms with van der Waals surface area (Å²) in [5, 5.41) is 4.28. The van der Waals surface area contributed by atoms with Crippen molar-refractivity contribution in [2.45, 2.75) is 32.1 Å². The van der Waals surface area contributed by atoms with Crippen LogP contribution in [0.1, 0.15) is 36.8 Å². The summed E-state index contributed by atoms with van der Waals surface area (Å²) in [6.45, 7) is 7.56. The Balaban J connectivity index is 1.13. The SMILES string of the molecule is C[C@@H]1CC(=O)Nc2ccc(CCCN3CCN(c4nsc5ccccc45)CC3)cc21. The number of piperazine rings is 1. The lowest BCUT2D eigenvalue weighted by atomic mass is 9.90. The van der Waals surface area contributed by atoms with Crippen molar-refractivity contribution < 1.29 is 4.79 Å². The molecule has 0 spiro atoms. The van der Waals surface area contributed by atoms with Crippen LogP contribution >= 0.6 is 11.5 Å².